The lowest BCUT2D eigenvalue weighted by Crippen LogP contribution is -2.56. The minimum Gasteiger partial charge on any atom is -0.349 e. The average molecular weight is 475 g/mol. The van der Waals surface area contributed by atoms with E-state index in [4.69, 9.17) is 4.98 Å². The monoisotopic (exact) mass is 474 g/mol. The Bertz CT molecular complexity index is 1320. The number of nitrogens with one attached hydrogen (secondary N) is 1. The van der Waals surface area contributed by atoms with Gasteiger partial charge in [-0.25, -0.2) is 13.9 Å². The van der Waals surface area contributed by atoms with Crippen molar-refractivity contribution < 1.29 is 9.18 Å². The molecule has 1 amide bonds. The average Bonchev–Trinajstić information content (AvgIpc) is 3.15. The number of carbonyl (C=O) groups is 1. The first kappa shape index (κ1) is 21.4. The standard InChI is InChI=1S/C27H31FN6O/c1-16-21(11-18(28)13-29-16)20-4-2-3-17(20)5-6-19-7-10-34-25(31-19)22(14-30-34)26(35)32-24-12-27-15-33(27)9-8-23(24)27/h7,10-11,13-14,17,20,23-24H,2-6,8-9,12,15H2,1H3,(H,32,35)/t17?,20?,23?,24-,27?,33?/m0/s1. The molecule has 3 aromatic heterocycles. The molecule has 5 unspecified atom stereocenters. The second-order valence-electron chi connectivity index (χ2n) is 11.1. The lowest BCUT2D eigenvalue weighted by Gasteiger charge is -2.42. The molecule has 3 aromatic rings. The molecule has 2 aliphatic carbocycles. The Balaban J connectivity index is 1.05. The van der Waals surface area contributed by atoms with Crippen LogP contribution in [0.3, 0.4) is 0 Å². The number of fused-ring (bicyclic) bond motifs is 1. The first-order valence-corrected chi connectivity index (χ1v) is 13.0. The second-order valence-corrected chi connectivity index (χ2v) is 11.1. The molecule has 2 saturated heterocycles. The maximum Gasteiger partial charge on any atom is 0.256 e. The molecule has 35 heavy (non-hydrogen) atoms. The number of hydrogen-bond donors (Lipinski definition) is 1. The Morgan fingerprint density at radius 2 is 2.20 bits per heavy atom. The quantitative estimate of drug-likeness (QED) is 0.552. The molecule has 0 radical (unpaired) electrons. The molecular formula is C27H31FN6O. The summed E-state index contributed by atoms with van der Waals surface area (Å²) in [5.74, 6) is 1.13. The van der Waals surface area contributed by atoms with Crippen molar-refractivity contribution >= 4 is 11.6 Å². The third kappa shape index (κ3) is 3.40. The van der Waals surface area contributed by atoms with Gasteiger partial charge in [-0.1, -0.05) is 6.42 Å². The van der Waals surface area contributed by atoms with Crippen LogP contribution in [0.1, 0.15) is 71.8 Å². The largest absolute Gasteiger partial charge is 0.349 e. The lowest BCUT2D eigenvalue weighted by atomic mass is 9.68. The van der Waals surface area contributed by atoms with Crippen LogP contribution in [0.2, 0.25) is 0 Å². The number of hydrogen-bond acceptors (Lipinski definition) is 5. The number of aromatic nitrogens is 4. The fourth-order valence-corrected chi connectivity index (χ4v) is 7.42. The molecule has 6 atom stereocenters. The third-order valence-corrected chi connectivity index (χ3v) is 9.36. The normalized spacial score (nSPS) is 32.8. The van der Waals surface area contributed by atoms with Gasteiger partial charge in [0.2, 0.25) is 0 Å². The van der Waals surface area contributed by atoms with Gasteiger partial charge in [-0.2, -0.15) is 5.10 Å². The maximum absolute atomic E-state index is 13.9. The first-order chi connectivity index (χ1) is 17.0. The second kappa shape index (κ2) is 7.82. The summed E-state index contributed by atoms with van der Waals surface area (Å²) in [6.07, 6.45) is 12.3. The molecule has 4 fully saturated rings. The zero-order valence-electron chi connectivity index (χ0n) is 20.1. The van der Waals surface area contributed by atoms with Gasteiger partial charge >= 0.3 is 0 Å². The lowest BCUT2D eigenvalue weighted by molar-refractivity contribution is 0.0826. The summed E-state index contributed by atoms with van der Waals surface area (Å²) in [5, 5.41) is 7.64. The number of halogens is 1. The summed E-state index contributed by atoms with van der Waals surface area (Å²) >= 11 is 0. The molecule has 2 saturated carbocycles. The van der Waals surface area contributed by atoms with Crippen molar-refractivity contribution in [3.8, 4) is 0 Å². The van der Waals surface area contributed by atoms with Crippen LogP contribution in [-0.2, 0) is 6.42 Å². The number of pyridine rings is 1. The van der Waals surface area contributed by atoms with E-state index in [1.807, 2.05) is 19.2 Å². The molecule has 182 valence electrons. The van der Waals surface area contributed by atoms with Gasteiger partial charge in [0.05, 0.1) is 12.4 Å². The van der Waals surface area contributed by atoms with Crippen LogP contribution in [0.15, 0.2) is 30.7 Å². The highest BCUT2D eigenvalue weighted by Gasteiger charge is 2.70. The third-order valence-electron chi connectivity index (χ3n) is 9.36. The van der Waals surface area contributed by atoms with E-state index in [9.17, 15) is 9.18 Å². The number of rotatable bonds is 6. The summed E-state index contributed by atoms with van der Waals surface area (Å²) in [4.78, 5) is 24.8. The van der Waals surface area contributed by atoms with E-state index in [-0.39, 0.29) is 17.8 Å². The fraction of sp³-hybridized carbons (Fsp3) is 0.556. The smallest absolute Gasteiger partial charge is 0.256 e. The van der Waals surface area contributed by atoms with E-state index in [1.165, 1.54) is 25.7 Å². The van der Waals surface area contributed by atoms with Crippen LogP contribution >= 0.6 is 0 Å². The zero-order valence-corrected chi connectivity index (χ0v) is 20.1. The van der Waals surface area contributed by atoms with Crippen molar-refractivity contribution in [2.45, 2.75) is 69.4 Å². The van der Waals surface area contributed by atoms with E-state index in [0.717, 1.165) is 55.5 Å². The highest BCUT2D eigenvalue weighted by atomic mass is 19.1. The van der Waals surface area contributed by atoms with Crippen LogP contribution < -0.4 is 5.32 Å². The van der Waals surface area contributed by atoms with E-state index in [1.54, 1.807) is 16.8 Å². The summed E-state index contributed by atoms with van der Waals surface area (Å²) in [5.41, 5.74) is 4.56. The Morgan fingerprint density at radius 3 is 3.06 bits per heavy atom. The highest BCUT2D eigenvalue weighted by Crippen LogP contribution is 2.59. The van der Waals surface area contributed by atoms with Crippen LogP contribution in [-0.4, -0.2) is 55.1 Å². The molecule has 4 aliphatic rings. The highest BCUT2D eigenvalue weighted by molar-refractivity contribution is 5.99. The number of nitrogens with zero attached hydrogens (tertiary/aromatic N) is 5. The molecule has 7 nitrogen and oxygen atoms in total. The Morgan fingerprint density at radius 1 is 1.29 bits per heavy atom. The van der Waals surface area contributed by atoms with Gasteiger partial charge in [-0.3, -0.25) is 14.7 Å². The SMILES string of the molecule is Cc1ncc(F)cc1C1CCCC1CCc1ccn2ncc(C(=O)N[C@H]3CC45CN4CCC35)c2n1. The van der Waals surface area contributed by atoms with Crippen LogP contribution in [0.25, 0.3) is 5.65 Å². The molecule has 1 spiro atoms. The molecule has 7 rings (SSSR count). The summed E-state index contributed by atoms with van der Waals surface area (Å²) in [6.45, 7) is 4.36. The van der Waals surface area contributed by atoms with E-state index in [0.29, 0.717) is 34.5 Å². The molecule has 1 N–H and O–H groups in total. The number of carbonyl (C=O) groups excluding carboxylic acids is 1. The van der Waals surface area contributed by atoms with E-state index in [2.05, 4.69) is 20.3 Å². The number of piperidine rings is 1. The fourth-order valence-electron chi connectivity index (χ4n) is 7.42. The maximum atomic E-state index is 13.9. The van der Waals surface area contributed by atoms with Crippen molar-refractivity contribution in [2.75, 3.05) is 13.1 Å². The summed E-state index contributed by atoms with van der Waals surface area (Å²) in [7, 11) is 0. The topological polar surface area (TPSA) is 75.2 Å². The van der Waals surface area contributed by atoms with Gasteiger partial charge in [0.1, 0.15) is 11.4 Å². The van der Waals surface area contributed by atoms with E-state index < -0.39 is 0 Å². The Kier molecular flexibility index (Phi) is 4.78. The molecule has 2 aliphatic heterocycles. The summed E-state index contributed by atoms with van der Waals surface area (Å²) in [6, 6.07) is 3.94. The van der Waals surface area contributed by atoms with Crippen molar-refractivity contribution in [1.82, 2.24) is 29.8 Å². The Labute approximate surface area is 204 Å². The van der Waals surface area contributed by atoms with Crippen LogP contribution in [0.4, 0.5) is 4.39 Å². The molecule has 5 heterocycles. The van der Waals surface area contributed by atoms with Crippen molar-refractivity contribution in [1.29, 1.82) is 0 Å². The van der Waals surface area contributed by atoms with Gasteiger partial charge in [0.15, 0.2) is 5.65 Å². The number of amides is 1. The molecule has 0 aromatic carbocycles. The summed E-state index contributed by atoms with van der Waals surface area (Å²) < 4.78 is 15.6. The van der Waals surface area contributed by atoms with Gasteiger partial charge in [0.25, 0.3) is 5.91 Å². The van der Waals surface area contributed by atoms with E-state index >= 15 is 0 Å². The van der Waals surface area contributed by atoms with Gasteiger partial charge in [-0.15, -0.1) is 0 Å². The van der Waals surface area contributed by atoms with Crippen molar-refractivity contribution in [2.24, 2.45) is 11.8 Å². The molecule has 0 bridgehead atoms. The predicted molar refractivity (Wildman–Crippen MR) is 129 cm³/mol. The van der Waals surface area contributed by atoms with Gasteiger partial charge < -0.3 is 5.32 Å². The van der Waals surface area contributed by atoms with Gasteiger partial charge in [0, 0.05) is 41.6 Å². The Hall–Kier alpha value is -2.87. The minimum atomic E-state index is -0.255. The van der Waals surface area contributed by atoms with Crippen LogP contribution in [0.5, 0.6) is 0 Å². The minimum absolute atomic E-state index is 0.0615. The molecule has 8 heteroatoms. The van der Waals surface area contributed by atoms with Gasteiger partial charge in [-0.05, 0) is 81.5 Å². The molecular weight excluding hydrogens is 443 g/mol. The predicted octanol–water partition coefficient (Wildman–Crippen LogP) is 3.66. The zero-order chi connectivity index (χ0) is 23.7. The first-order valence-electron chi connectivity index (χ1n) is 13.0. The number of aryl methyl sites for hydroxylation is 2. The van der Waals surface area contributed by atoms with Crippen molar-refractivity contribution in [3.63, 3.8) is 0 Å². The van der Waals surface area contributed by atoms with Crippen molar-refractivity contribution in [3.05, 3.63) is 59.1 Å². The van der Waals surface area contributed by atoms with Crippen LogP contribution in [0, 0.1) is 24.6 Å².